The van der Waals surface area contributed by atoms with Crippen molar-refractivity contribution in [2.75, 3.05) is 25.0 Å². The number of halogens is 3. The van der Waals surface area contributed by atoms with Gasteiger partial charge in [-0.1, -0.05) is 24.3 Å². The monoisotopic (exact) mass is 380 g/mol. The molecule has 0 amide bonds. The maximum absolute atomic E-state index is 12.6. The number of rotatable bonds is 7. The van der Waals surface area contributed by atoms with Gasteiger partial charge in [0.1, 0.15) is 5.69 Å². The van der Waals surface area contributed by atoms with E-state index in [0.29, 0.717) is 32.1 Å². The summed E-state index contributed by atoms with van der Waals surface area (Å²) in [6.45, 7) is 6.01. The molecule has 0 fully saturated rings. The van der Waals surface area contributed by atoms with Crippen LogP contribution in [0.15, 0.2) is 41.5 Å². The number of aliphatic imine (C=N–C) groups is 1. The number of hydrogen-bond acceptors (Lipinski definition) is 4. The molecule has 0 unspecified atom stereocenters. The summed E-state index contributed by atoms with van der Waals surface area (Å²) < 4.78 is 37.9. The Labute approximate surface area is 156 Å². The van der Waals surface area contributed by atoms with Crippen LogP contribution in [0, 0.1) is 6.92 Å². The average molecular weight is 380 g/mol. The van der Waals surface area contributed by atoms with Crippen molar-refractivity contribution >= 4 is 11.9 Å². The molecule has 0 aliphatic heterocycles. The lowest BCUT2D eigenvalue weighted by molar-refractivity contribution is -0.141. The molecule has 1 aromatic heterocycles. The van der Waals surface area contributed by atoms with Gasteiger partial charge in [-0.05, 0) is 31.0 Å². The fourth-order valence-electron chi connectivity index (χ4n) is 2.25. The van der Waals surface area contributed by atoms with E-state index < -0.39 is 11.9 Å². The maximum atomic E-state index is 12.6. The number of hydrogen-bond donors (Lipinski definition) is 3. The third-order valence-corrected chi connectivity index (χ3v) is 3.66. The Morgan fingerprint density at radius 3 is 2.59 bits per heavy atom. The molecule has 146 valence electrons. The van der Waals surface area contributed by atoms with Crippen LogP contribution in [0.4, 0.5) is 19.1 Å². The highest BCUT2D eigenvalue weighted by Crippen LogP contribution is 2.27. The molecule has 27 heavy (non-hydrogen) atoms. The molecule has 1 aromatic carbocycles. The second-order valence-electron chi connectivity index (χ2n) is 5.74. The van der Waals surface area contributed by atoms with E-state index in [9.17, 15) is 13.2 Å². The van der Waals surface area contributed by atoms with Crippen molar-refractivity contribution in [3.8, 4) is 0 Å². The van der Waals surface area contributed by atoms with Gasteiger partial charge in [0.2, 0.25) is 5.95 Å². The van der Waals surface area contributed by atoms with Gasteiger partial charge in [0.15, 0.2) is 5.96 Å². The quantitative estimate of drug-likeness (QED) is 0.391. The molecule has 6 nitrogen and oxygen atoms in total. The third kappa shape index (κ3) is 6.76. The van der Waals surface area contributed by atoms with E-state index in [1.807, 2.05) is 38.1 Å². The number of aryl methyl sites for hydroxylation is 1. The van der Waals surface area contributed by atoms with Crippen LogP contribution in [-0.2, 0) is 12.7 Å². The van der Waals surface area contributed by atoms with Crippen LogP contribution in [0.3, 0.4) is 0 Å². The third-order valence-electron chi connectivity index (χ3n) is 3.66. The molecule has 9 heteroatoms. The molecule has 0 bridgehead atoms. The van der Waals surface area contributed by atoms with Gasteiger partial charge >= 0.3 is 6.18 Å². The van der Waals surface area contributed by atoms with Crippen molar-refractivity contribution < 1.29 is 13.2 Å². The minimum absolute atomic E-state index is 0.0616. The Morgan fingerprint density at radius 1 is 1.11 bits per heavy atom. The first kappa shape index (κ1) is 20.5. The van der Waals surface area contributed by atoms with Crippen molar-refractivity contribution in [1.29, 1.82) is 0 Å². The Bertz CT molecular complexity index is 761. The Balaban J connectivity index is 1.86. The Kier molecular flexibility index (Phi) is 7.39. The van der Waals surface area contributed by atoms with Crippen LogP contribution >= 0.6 is 0 Å². The summed E-state index contributed by atoms with van der Waals surface area (Å²) in [6.07, 6.45) is -3.41. The van der Waals surface area contributed by atoms with Gasteiger partial charge in [-0.15, -0.1) is 0 Å². The lowest BCUT2D eigenvalue weighted by atomic mass is 10.1. The van der Waals surface area contributed by atoms with Crippen LogP contribution in [-0.4, -0.2) is 35.6 Å². The normalized spacial score (nSPS) is 12.0. The number of nitrogens with one attached hydrogen (secondary N) is 3. The highest BCUT2D eigenvalue weighted by atomic mass is 19.4. The minimum Gasteiger partial charge on any atom is -0.357 e. The summed E-state index contributed by atoms with van der Waals surface area (Å²) >= 11 is 0. The SMILES string of the molecule is CCNC(=NCc1ccccc1C)NCCNc1nccc(C(F)(F)F)n1. The highest BCUT2D eigenvalue weighted by Gasteiger charge is 2.32. The standard InChI is InChI=1S/C18H23F3N6/c1-3-22-16(26-12-14-7-5-4-6-13(14)2)24-10-11-25-17-23-9-8-15(27-17)18(19,20)21/h4-9H,3,10-12H2,1-2H3,(H2,22,24,26)(H,23,25,27). The summed E-state index contributed by atoms with van der Waals surface area (Å²) in [4.78, 5) is 11.8. The van der Waals surface area contributed by atoms with Gasteiger partial charge in [0.05, 0.1) is 6.54 Å². The fourth-order valence-corrected chi connectivity index (χ4v) is 2.25. The first-order valence-corrected chi connectivity index (χ1v) is 8.61. The molecule has 2 aromatic rings. The molecule has 2 rings (SSSR count). The Hall–Kier alpha value is -2.84. The van der Waals surface area contributed by atoms with Gasteiger partial charge in [0, 0.05) is 25.8 Å². The van der Waals surface area contributed by atoms with E-state index in [1.54, 1.807) is 0 Å². The van der Waals surface area contributed by atoms with Crippen molar-refractivity contribution in [3.05, 3.63) is 53.3 Å². The van der Waals surface area contributed by atoms with Crippen LogP contribution in [0.1, 0.15) is 23.7 Å². The van der Waals surface area contributed by atoms with Crippen molar-refractivity contribution in [3.63, 3.8) is 0 Å². The summed E-state index contributed by atoms with van der Waals surface area (Å²) in [5, 5.41) is 9.03. The molecule has 0 spiro atoms. The predicted octanol–water partition coefficient (Wildman–Crippen LogP) is 2.97. The van der Waals surface area contributed by atoms with Gasteiger partial charge in [-0.2, -0.15) is 13.2 Å². The van der Waals surface area contributed by atoms with E-state index in [4.69, 9.17) is 0 Å². The number of nitrogens with zero attached hydrogens (tertiary/aromatic N) is 3. The molecule has 0 radical (unpaired) electrons. The smallest absolute Gasteiger partial charge is 0.357 e. The largest absolute Gasteiger partial charge is 0.433 e. The second-order valence-corrected chi connectivity index (χ2v) is 5.74. The topological polar surface area (TPSA) is 74.2 Å². The van der Waals surface area contributed by atoms with E-state index in [-0.39, 0.29) is 5.95 Å². The van der Waals surface area contributed by atoms with Gasteiger partial charge in [0.25, 0.3) is 0 Å². The minimum atomic E-state index is -4.49. The number of aromatic nitrogens is 2. The number of alkyl halides is 3. The zero-order chi connectivity index (χ0) is 19.7. The highest BCUT2D eigenvalue weighted by molar-refractivity contribution is 5.79. The lowest BCUT2D eigenvalue weighted by Crippen LogP contribution is -2.39. The molecular weight excluding hydrogens is 357 g/mol. The van der Waals surface area contributed by atoms with Crippen molar-refractivity contribution in [2.45, 2.75) is 26.6 Å². The van der Waals surface area contributed by atoms with Crippen LogP contribution in [0.5, 0.6) is 0 Å². The summed E-state index contributed by atoms with van der Waals surface area (Å²) in [5.74, 6) is 0.570. The van der Waals surface area contributed by atoms with E-state index in [2.05, 4.69) is 30.9 Å². The van der Waals surface area contributed by atoms with E-state index in [0.717, 1.165) is 17.8 Å². The van der Waals surface area contributed by atoms with Gasteiger partial charge < -0.3 is 16.0 Å². The summed E-state index contributed by atoms with van der Waals surface area (Å²) in [6, 6.07) is 8.84. The van der Waals surface area contributed by atoms with Crippen molar-refractivity contribution in [2.24, 2.45) is 4.99 Å². The maximum Gasteiger partial charge on any atom is 0.433 e. The molecule has 0 aliphatic carbocycles. The molecule has 0 aliphatic rings. The predicted molar refractivity (Wildman–Crippen MR) is 99.5 cm³/mol. The molecule has 0 saturated heterocycles. The van der Waals surface area contributed by atoms with Crippen LogP contribution < -0.4 is 16.0 Å². The number of anilines is 1. The van der Waals surface area contributed by atoms with Gasteiger partial charge in [-0.25, -0.2) is 15.0 Å². The number of guanidine groups is 1. The molecule has 3 N–H and O–H groups in total. The molecular formula is C18H23F3N6. The zero-order valence-electron chi connectivity index (χ0n) is 15.3. The zero-order valence-corrected chi connectivity index (χ0v) is 15.3. The van der Waals surface area contributed by atoms with Crippen molar-refractivity contribution in [1.82, 2.24) is 20.6 Å². The van der Waals surface area contributed by atoms with Crippen LogP contribution in [0.2, 0.25) is 0 Å². The van der Waals surface area contributed by atoms with Gasteiger partial charge in [-0.3, -0.25) is 0 Å². The first-order valence-electron chi connectivity index (χ1n) is 8.61. The molecule has 0 atom stereocenters. The average Bonchev–Trinajstić information content (AvgIpc) is 2.64. The summed E-state index contributed by atoms with van der Waals surface area (Å²) in [5.41, 5.74) is 1.33. The number of benzene rings is 1. The molecule has 1 heterocycles. The lowest BCUT2D eigenvalue weighted by Gasteiger charge is -2.13. The first-order chi connectivity index (χ1) is 12.9. The Morgan fingerprint density at radius 2 is 1.89 bits per heavy atom. The van der Waals surface area contributed by atoms with Crippen LogP contribution in [0.25, 0.3) is 0 Å². The van der Waals surface area contributed by atoms with E-state index in [1.165, 1.54) is 5.56 Å². The summed E-state index contributed by atoms with van der Waals surface area (Å²) in [7, 11) is 0. The van der Waals surface area contributed by atoms with E-state index >= 15 is 0 Å². The second kappa shape index (κ2) is 9.75. The fraction of sp³-hybridized carbons (Fsp3) is 0.389. The molecule has 0 saturated carbocycles.